The highest BCUT2D eigenvalue weighted by Crippen LogP contribution is 2.23. The van der Waals surface area contributed by atoms with Crippen molar-refractivity contribution >= 4 is 21.6 Å². The Kier molecular flexibility index (Phi) is 6.20. The molecule has 0 radical (unpaired) electrons. The number of methoxy groups -OCH3 is 1. The minimum absolute atomic E-state index is 0.330. The second kappa shape index (κ2) is 8.18. The highest BCUT2D eigenvalue weighted by molar-refractivity contribution is 7.92. The number of anilines is 1. The summed E-state index contributed by atoms with van der Waals surface area (Å²) in [7, 11) is -2.20. The molecule has 2 aromatic rings. The standard InChI is InChI=1S/C18H21FN2O4S/c1-13(14-7-9-15(19)10-8-14)20-18(22)12-21(26(3,23)24)16-5-4-6-17(11-16)25-2/h4-11,13H,12H2,1-3H3,(H,20,22). The average molecular weight is 380 g/mol. The number of carbonyl (C=O) groups excluding carboxylic acids is 1. The Morgan fingerprint density at radius 2 is 1.88 bits per heavy atom. The number of nitrogens with zero attached hydrogens (tertiary/aromatic N) is 1. The molecule has 1 unspecified atom stereocenters. The number of sulfonamides is 1. The summed E-state index contributed by atoms with van der Waals surface area (Å²) in [6, 6.07) is 11.8. The van der Waals surface area contributed by atoms with E-state index in [1.165, 1.54) is 25.3 Å². The zero-order valence-corrected chi connectivity index (χ0v) is 15.6. The zero-order valence-electron chi connectivity index (χ0n) is 14.8. The number of hydrogen-bond acceptors (Lipinski definition) is 4. The first-order valence-corrected chi connectivity index (χ1v) is 9.72. The summed E-state index contributed by atoms with van der Waals surface area (Å²) >= 11 is 0. The number of rotatable bonds is 7. The molecule has 0 saturated carbocycles. The smallest absolute Gasteiger partial charge is 0.241 e. The number of nitrogens with one attached hydrogen (secondary N) is 1. The fourth-order valence-electron chi connectivity index (χ4n) is 2.42. The lowest BCUT2D eigenvalue weighted by Gasteiger charge is -2.23. The summed E-state index contributed by atoms with van der Waals surface area (Å²) < 4.78 is 43.3. The van der Waals surface area contributed by atoms with Crippen LogP contribution in [0.1, 0.15) is 18.5 Å². The number of carbonyl (C=O) groups is 1. The van der Waals surface area contributed by atoms with Gasteiger partial charge in [-0.3, -0.25) is 9.10 Å². The Hall–Kier alpha value is -2.61. The molecule has 0 aliphatic carbocycles. The van der Waals surface area contributed by atoms with Crippen LogP contribution in [0, 0.1) is 5.82 Å². The molecular formula is C18H21FN2O4S. The molecule has 0 aliphatic rings. The zero-order chi connectivity index (χ0) is 19.3. The highest BCUT2D eigenvalue weighted by Gasteiger charge is 2.22. The van der Waals surface area contributed by atoms with Gasteiger partial charge in [0.1, 0.15) is 18.1 Å². The molecule has 1 amide bonds. The van der Waals surface area contributed by atoms with Crippen molar-refractivity contribution in [3.05, 3.63) is 59.9 Å². The Bertz CT molecular complexity index is 869. The van der Waals surface area contributed by atoms with Gasteiger partial charge in [0.15, 0.2) is 0 Å². The number of halogens is 1. The van der Waals surface area contributed by atoms with Crippen LogP contribution in [0.4, 0.5) is 10.1 Å². The molecule has 26 heavy (non-hydrogen) atoms. The van der Waals surface area contributed by atoms with Crippen molar-refractivity contribution < 1.29 is 22.3 Å². The first kappa shape index (κ1) is 19.7. The maximum Gasteiger partial charge on any atom is 0.241 e. The van der Waals surface area contributed by atoms with Gasteiger partial charge in [0.2, 0.25) is 15.9 Å². The van der Waals surface area contributed by atoms with E-state index in [1.807, 2.05) is 0 Å². The van der Waals surface area contributed by atoms with Crippen molar-refractivity contribution in [3.63, 3.8) is 0 Å². The molecule has 2 aromatic carbocycles. The third-order valence-corrected chi connectivity index (χ3v) is 4.92. The lowest BCUT2D eigenvalue weighted by atomic mass is 10.1. The van der Waals surface area contributed by atoms with Gasteiger partial charge in [0.25, 0.3) is 0 Å². The van der Waals surface area contributed by atoms with Crippen molar-refractivity contribution in [1.29, 1.82) is 0 Å². The summed E-state index contributed by atoms with van der Waals surface area (Å²) in [5, 5.41) is 2.72. The molecule has 0 spiro atoms. The van der Waals surface area contributed by atoms with Gasteiger partial charge in [-0.25, -0.2) is 12.8 Å². The number of amides is 1. The highest BCUT2D eigenvalue weighted by atomic mass is 32.2. The first-order valence-electron chi connectivity index (χ1n) is 7.87. The van der Waals surface area contributed by atoms with Crippen LogP contribution in [0.5, 0.6) is 5.75 Å². The van der Waals surface area contributed by atoms with Gasteiger partial charge in [0, 0.05) is 6.07 Å². The molecular weight excluding hydrogens is 359 g/mol. The molecule has 0 heterocycles. The quantitative estimate of drug-likeness (QED) is 0.801. The van der Waals surface area contributed by atoms with Crippen LogP contribution in [-0.2, 0) is 14.8 Å². The maximum atomic E-state index is 13.0. The molecule has 8 heteroatoms. The Morgan fingerprint density at radius 1 is 1.23 bits per heavy atom. The van der Waals surface area contributed by atoms with Crippen LogP contribution in [0.15, 0.2) is 48.5 Å². The number of ether oxygens (including phenoxy) is 1. The van der Waals surface area contributed by atoms with Crippen molar-refractivity contribution in [2.75, 3.05) is 24.2 Å². The third-order valence-electron chi connectivity index (χ3n) is 3.78. The van der Waals surface area contributed by atoms with E-state index in [0.29, 0.717) is 17.0 Å². The molecule has 1 N–H and O–H groups in total. The third kappa shape index (κ3) is 5.19. The minimum Gasteiger partial charge on any atom is -0.497 e. The van der Waals surface area contributed by atoms with E-state index in [0.717, 1.165) is 10.6 Å². The molecule has 1 atom stereocenters. The van der Waals surface area contributed by atoms with Crippen molar-refractivity contribution in [2.24, 2.45) is 0 Å². The topological polar surface area (TPSA) is 75.7 Å². The van der Waals surface area contributed by atoms with Gasteiger partial charge >= 0.3 is 0 Å². The van der Waals surface area contributed by atoms with Crippen molar-refractivity contribution in [3.8, 4) is 5.75 Å². The van der Waals surface area contributed by atoms with E-state index in [2.05, 4.69) is 5.32 Å². The summed E-state index contributed by atoms with van der Waals surface area (Å²) in [5.41, 5.74) is 1.04. The monoisotopic (exact) mass is 380 g/mol. The first-order chi connectivity index (χ1) is 12.2. The van der Waals surface area contributed by atoms with Crippen LogP contribution in [0.2, 0.25) is 0 Å². The summed E-state index contributed by atoms with van der Waals surface area (Å²) in [6.07, 6.45) is 1.03. The summed E-state index contributed by atoms with van der Waals surface area (Å²) in [4.78, 5) is 12.4. The van der Waals surface area contributed by atoms with Crippen LogP contribution in [0.3, 0.4) is 0 Å². The van der Waals surface area contributed by atoms with E-state index >= 15 is 0 Å². The largest absolute Gasteiger partial charge is 0.497 e. The van der Waals surface area contributed by atoms with Gasteiger partial charge < -0.3 is 10.1 Å². The summed E-state index contributed by atoms with van der Waals surface area (Å²) in [5.74, 6) is -0.361. The Morgan fingerprint density at radius 3 is 2.46 bits per heavy atom. The second-order valence-corrected chi connectivity index (χ2v) is 7.72. The van der Waals surface area contributed by atoms with Gasteiger partial charge in [-0.15, -0.1) is 0 Å². The normalized spacial score (nSPS) is 12.3. The van der Waals surface area contributed by atoms with E-state index in [1.54, 1.807) is 37.3 Å². The molecule has 0 aliphatic heterocycles. The number of hydrogen-bond donors (Lipinski definition) is 1. The van der Waals surface area contributed by atoms with Crippen molar-refractivity contribution in [2.45, 2.75) is 13.0 Å². The summed E-state index contributed by atoms with van der Waals surface area (Å²) in [6.45, 7) is 1.36. The molecule has 2 rings (SSSR count). The van der Waals surface area contributed by atoms with Crippen LogP contribution < -0.4 is 14.4 Å². The molecule has 0 fully saturated rings. The van der Waals surface area contributed by atoms with E-state index in [-0.39, 0.29) is 12.4 Å². The minimum atomic E-state index is -3.68. The van der Waals surface area contributed by atoms with E-state index in [9.17, 15) is 17.6 Å². The second-order valence-electron chi connectivity index (χ2n) is 5.81. The lowest BCUT2D eigenvalue weighted by Crippen LogP contribution is -2.41. The van der Waals surface area contributed by atoms with Gasteiger partial charge in [-0.2, -0.15) is 0 Å². The fourth-order valence-corrected chi connectivity index (χ4v) is 3.27. The van der Waals surface area contributed by atoms with Crippen LogP contribution in [-0.4, -0.2) is 34.2 Å². The fraction of sp³-hybridized carbons (Fsp3) is 0.278. The van der Waals surface area contributed by atoms with Gasteiger partial charge in [-0.1, -0.05) is 18.2 Å². The molecule has 0 saturated heterocycles. The Balaban J connectivity index is 2.15. The van der Waals surface area contributed by atoms with Crippen LogP contribution in [0.25, 0.3) is 0 Å². The Labute approximate surface area is 152 Å². The maximum absolute atomic E-state index is 13.0. The molecule has 6 nitrogen and oxygen atoms in total. The predicted octanol–water partition coefficient (Wildman–Crippen LogP) is 2.48. The van der Waals surface area contributed by atoms with E-state index in [4.69, 9.17) is 4.74 Å². The average Bonchev–Trinajstić information content (AvgIpc) is 2.59. The van der Waals surface area contributed by atoms with Gasteiger partial charge in [-0.05, 0) is 36.8 Å². The predicted molar refractivity (Wildman–Crippen MR) is 98.1 cm³/mol. The van der Waals surface area contributed by atoms with Crippen LogP contribution >= 0.6 is 0 Å². The van der Waals surface area contributed by atoms with Crippen molar-refractivity contribution in [1.82, 2.24) is 5.32 Å². The van der Waals surface area contributed by atoms with Gasteiger partial charge in [0.05, 0.1) is 25.1 Å². The van der Waals surface area contributed by atoms with E-state index < -0.39 is 22.0 Å². The lowest BCUT2D eigenvalue weighted by molar-refractivity contribution is -0.120. The molecule has 140 valence electrons. The molecule has 0 aromatic heterocycles. The molecule has 0 bridgehead atoms. The SMILES string of the molecule is COc1cccc(N(CC(=O)NC(C)c2ccc(F)cc2)S(C)(=O)=O)c1. The number of benzene rings is 2.